The third kappa shape index (κ3) is 4.78. The second-order valence-corrected chi connectivity index (χ2v) is 8.10. The van der Waals surface area contributed by atoms with Gasteiger partial charge in [-0.1, -0.05) is 12.1 Å². The van der Waals surface area contributed by atoms with E-state index in [1.54, 1.807) is 41.6 Å². The van der Waals surface area contributed by atoms with Crippen molar-refractivity contribution in [2.75, 3.05) is 14.2 Å². The molecule has 0 aliphatic rings. The Morgan fingerprint density at radius 3 is 2.41 bits per heavy atom. The van der Waals surface area contributed by atoms with Crippen molar-refractivity contribution < 1.29 is 14.3 Å². The molecule has 0 bridgehead atoms. The van der Waals surface area contributed by atoms with Gasteiger partial charge in [0.15, 0.2) is 11.5 Å². The average molecular weight is 462 g/mol. The van der Waals surface area contributed by atoms with Crippen molar-refractivity contribution in [2.24, 2.45) is 0 Å². The van der Waals surface area contributed by atoms with E-state index in [9.17, 15) is 9.59 Å². The largest absolute Gasteiger partial charge is 0.493 e. The number of benzene rings is 2. The number of rotatable bonds is 8. The first kappa shape index (κ1) is 23.0. The van der Waals surface area contributed by atoms with Crippen LogP contribution >= 0.6 is 0 Å². The van der Waals surface area contributed by atoms with E-state index in [4.69, 9.17) is 9.47 Å². The maximum Gasteiger partial charge on any atom is 0.300 e. The van der Waals surface area contributed by atoms with Crippen LogP contribution in [0.3, 0.4) is 0 Å². The first-order valence-electron chi connectivity index (χ1n) is 10.9. The van der Waals surface area contributed by atoms with Gasteiger partial charge in [-0.2, -0.15) is 0 Å². The van der Waals surface area contributed by atoms with Gasteiger partial charge in [-0.05, 0) is 54.8 Å². The van der Waals surface area contributed by atoms with Gasteiger partial charge in [0.1, 0.15) is 5.82 Å². The molecule has 2 heterocycles. The summed E-state index contributed by atoms with van der Waals surface area (Å²) < 4.78 is 13.7. The number of hydrogen-bond donors (Lipinski definition) is 1. The molecule has 0 unspecified atom stereocenters. The number of fused-ring (bicyclic) bond motifs is 1. The molecule has 0 saturated carbocycles. The Morgan fingerprint density at radius 1 is 0.971 bits per heavy atom. The zero-order valence-corrected chi connectivity index (χ0v) is 19.7. The lowest BCUT2D eigenvalue weighted by molar-refractivity contribution is -0.121. The Bertz CT molecular complexity index is 1390. The van der Waals surface area contributed by atoms with Gasteiger partial charge in [0.25, 0.3) is 0 Å². The predicted octanol–water partition coefficient (Wildman–Crippen LogP) is 2.76. The minimum Gasteiger partial charge on any atom is -0.493 e. The Balaban J connectivity index is 1.43. The third-order valence-corrected chi connectivity index (χ3v) is 5.54. The van der Waals surface area contributed by atoms with E-state index in [0.29, 0.717) is 30.3 Å². The molecule has 1 amide bonds. The summed E-state index contributed by atoms with van der Waals surface area (Å²) in [5.41, 5.74) is 3.78. The molecule has 176 valence electrons. The molecule has 2 aromatic heterocycles. The van der Waals surface area contributed by atoms with Gasteiger partial charge in [0, 0.05) is 37.5 Å². The number of nitrogens with zero attached hydrogens (tertiary/aromatic N) is 4. The lowest BCUT2D eigenvalue weighted by Crippen LogP contribution is -2.23. The molecule has 4 rings (SSSR count). The summed E-state index contributed by atoms with van der Waals surface area (Å²) in [6.45, 7) is 4.34. The Labute approximate surface area is 197 Å². The summed E-state index contributed by atoms with van der Waals surface area (Å²) in [5.74, 6) is 1.67. The lowest BCUT2D eigenvalue weighted by atomic mass is 10.1. The van der Waals surface area contributed by atoms with Crippen LogP contribution in [0.2, 0.25) is 0 Å². The molecule has 0 spiro atoms. The molecule has 9 nitrogen and oxygen atoms in total. The molecular weight excluding hydrogens is 434 g/mol. The van der Waals surface area contributed by atoms with Crippen LogP contribution < -0.4 is 20.3 Å². The van der Waals surface area contributed by atoms with E-state index in [2.05, 4.69) is 21.6 Å². The van der Waals surface area contributed by atoms with Crippen LogP contribution in [0.1, 0.15) is 28.9 Å². The van der Waals surface area contributed by atoms with Crippen LogP contribution in [0, 0.1) is 13.8 Å². The zero-order valence-electron chi connectivity index (χ0n) is 19.7. The molecule has 0 aliphatic carbocycles. The minimum atomic E-state index is -0.260. The van der Waals surface area contributed by atoms with E-state index in [1.807, 2.05) is 38.1 Å². The van der Waals surface area contributed by atoms with Crippen molar-refractivity contribution in [1.29, 1.82) is 0 Å². The van der Waals surface area contributed by atoms with Crippen LogP contribution in [-0.4, -0.2) is 39.3 Å². The highest BCUT2D eigenvalue weighted by Gasteiger charge is 2.14. The number of methoxy groups -OCH3 is 2. The molecular formula is C25H27N5O4. The Hall–Kier alpha value is -4.14. The second-order valence-electron chi connectivity index (χ2n) is 8.10. The molecule has 0 fully saturated rings. The molecule has 0 saturated heterocycles. The number of aromatic nitrogens is 4. The fourth-order valence-electron chi connectivity index (χ4n) is 3.90. The topological polar surface area (TPSA) is 99.8 Å². The first-order valence-corrected chi connectivity index (χ1v) is 10.9. The van der Waals surface area contributed by atoms with Gasteiger partial charge in [0.05, 0.1) is 14.2 Å². The highest BCUT2D eigenvalue weighted by Crippen LogP contribution is 2.27. The number of hydrogen-bond acceptors (Lipinski definition) is 6. The van der Waals surface area contributed by atoms with Gasteiger partial charge < -0.3 is 14.8 Å². The van der Waals surface area contributed by atoms with Gasteiger partial charge in [-0.3, -0.25) is 18.6 Å². The molecule has 2 aromatic carbocycles. The Kier molecular flexibility index (Phi) is 6.62. The van der Waals surface area contributed by atoms with Crippen molar-refractivity contribution in [3.63, 3.8) is 0 Å². The molecule has 0 radical (unpaired) electrons. The summed E-state index contributed by atoms with van der Waals surface area (Å²) in [4.78, 5) is 25.4. The van der Waals surface area contributed by atoms with Gasteiger partial charge >= 0.3 is 5.56 Å². The van der Waals surface area contributed by atoms with E-state index < -0.39 is 0 Å². The maximum atomic E-state index is 13.0. The molecule has 34 heavy (non-hydrogen) atoms. The maximum absolute atomic E-state index is 13.0. The number of nitrogens with one attached hydrogen (secondary N) is 1. The van der Waals surface area contributed by atoms with Gasteiger partial charge in [-0.25, -0.2) is 0 Å². The fraction of sp³-hybridized carbons (Fsp3) is 0.280. The minimum absolute atomic E-state index is 0.130. The van der Waals surface area contributed by atoms with Crippen LogP contribution in [0.4, 0.5) is 0 Å². The smallest absolute Gasteiger partial charge is 0.300 e. The van der Waals surface area contributed by atoms with Crippen molar-refractivity contribution in [2.45, 2.75) is 33.2 Å². The van der Waals surface area contributed by atoms with E-state index in [-0.39, 0.29) is 23.5 Å². The van der Waals surface area contributed by atoms with Crippen molar-refractivity contribution in [1.82, 2.24) is 24.5 Å². The average Bonchev–Trinajstić information content (AvgIpc) is 3.24. The summed E-state index contributed by atoms with van der Waals surface area (Å²) in [6.07, 6.45) is 4.03. The summed E-state index contributed by atoms with van der Waals surface area (Å²) in [5, 5.41) is 11.1. The van der Waals surface area contributed by atoms with Crippen molar-refractivity contribution >= 4 is 11.6 Å². The third-order valence-electron chi connectivity index (χ3n) is 5.54. The number of carbonyl (C=O) groups is 1. The van der Waals surface area contributed by atoms with E-state index in [1.165, 1.54) is 0 Å². The second kappa shape index (κ2) is 9.78. The number of ether oxygens (including phenoxy) is 2. The molecule has 0 atom stereocenters. The first-order chi connectivity index (χ1) is 16.4. The van der Waals surface area contributed by atoms with Crippen LogP contribution in [0.5, 0.6) is 11.5 Å². The Morgan fingerprint density at radius 2 is 1.71 bits per heavy atom. The van der Waals surface area contributed by atoms with Crippen LogP contribution in [0.25, 0.3) is 11.3 Å². The monoisotopic (exact) mass is 461 g/mol. The number of amides is 1. The standard InChI is InChI=1S/C25H27N5O4/c1-16-11-17(2)13-19(12-16)29-9-10-30-22(27-28-24(30)25(29)32)7-8-23(31)26-15-18-5-6-20(33-3)21(14-18)34-4/h5-6,9-14H,7-8,15H2,1-4H3,(H,26,31). The predicted molar refractivity (Wildman–Crippen MR) is 128 cm³/mol. The van der Waals surface area contributed by atoms with Crippen LogP contribution in [0.15, 0.2) is 53.6 Å². The normalized spacial score (nSPS) is 10.9. The lowest BCUT2D eigenvalue weighted by Gasteiger charge is -2.10. The van der Waals surface area contributed by atoms with E-state index in [0.717, 1.165) is 22.4 Å². The summed E-state index contributed by atoms with van der Waals surface area (Å²) >= 11 is 0. The van der Waals surface area contributed by atoms with Crippen molar-refractivity contribution in [3.8, 4) is 17.2 Å². The fourth-order valence-corrected chi connectivity index (χ4v) is 3.90. The molecule has 0 aliphatic heterocycles. The van der Waals surface area contributed by atoms with Crippen molar-refractivity contribution in [3.05, 3.63) is 81.7 Å². The van der Waals surface area contributed by atoms with Gasteiger partial charge in [0.2, 0.25) is 11.6 Å². The molecule has 4 aromatic rings. The molecule has 9 heteroatoms. The molecule has 1 N–H and O–H groups in total. The van der Waals surface area contributed by atoms with Gasteiger partial charge in [-0.15, -0.1) is 10.2 Å². The number of aryl methyl sites for hydroxylation is 3. The van der Waals surface area contributed by atoms with E-state index >= 15 is 0 Å². The number of carbonyl (C=O) groups excluding carboxylic acids is 1. The highest BCUT2D eigenvalue weighted by atomic mass is 16.5. The zero-order chi connectivity index (χ0) is 24.2. The summed E-state index contributed by atoms with van der Waals surface area (Å²) in [6, 6.07) is 11.4. The van der Waals surface area contributed by atoms with Crippen LogP contribution in [-0.2, 0) is 17.8 Å². The SMILES string of the molecule is COc1ccc(CNC(=O)CCc2nnc3c(=O)n(-c4cc(C)cc(C)c4)ccn23)cc1OC. The highest BCUT2D eigenvalue weighted by molar-refractivity contribution is 5.76. The quantitative estimate of drug-likeness (QED) is 0.433. The summed E-state index contributed by atoms with van der Waals surface area (Å²) in [7, 11) is 3.14.